The van der Waals surface area contributed by atoms with Crippen molar-refractivity contribution in [1.82, 2.24) is 0 Å². The van der Waals surface area contributed by atoms with Crippen LogP contribution in [0.1, 0.15) is 82.0 Å². The van der Waals surface area contributed by atoms with E-state index in [0.717, 1.165) is 36.8 Å². The SMILES string of the molecule is OC(c1ccc(C2CC2(c2ccccc2)c2ccccc2)cc1)(c1ccc(C2CC2(c2ccccc2)c2ccccc2)cc1)C1CC1. The Morgan fingerprint density at radius 1 is 0.404 bits per heavy atom. The third kappa shape index (κ3) is 4.55. The quantitative estimate of drug-likeness (QED) is 0.173. The molecule has 6 aromatic carbocycles. The lowest BCUT2D eigenvalue weighted by Crippen LogP contribution is -2.30. The van der Waals surface area contributed by atoms with Crippen molar-refractivity contribution < 1.29 is 5.11 Å². The first-order chi connectivity index (χ1) is 23.1. The van der Waals surface area contributed by atoms with E-state index in [0.29, 0.717) is 11.8 Å². The normalized spacial score (nSPS) is 21.8. The summed E-state index contributed by atoms with van der Waals surface area (Å²) in [7, 11) is 0. The van der Waals surface area contributed by atoms with Crippen LogP contribution in [0.2, 0.25) is 0 Å². The van der Waals surface area contributed by atoms with Gasteiger partial charge < -0.3 is 5.11 Å². The van der Waals surface area contributed by atoms with Crippen molar-refractivity contribution in [2.45, 2.75) is 54.0 Å². The fraction of sp³-hybridized carbons (Fsp3) is 0.217. The van der Waals surface area contributed by atoms with E-state index in [1.165, 1.54) is 33.4 Å². The molecule has 3 aliphatic rings. The third-order valence-electron chi connectivity index (χ3n) is 11.8. The molecule has 1 N–H and O–H groups in total. The third-order valence-corrected chi connectivity index (χ3v) is 11.8. The standard InChI is InChI=1S/C46H40O/c47-46(41-29-30-41,39-25-21-33(22-26-39)42-31-44(42,35-13-5-1-6-14-35)36-15-7-2-8-16-36)40-27-23-34(24-28-40)43-32-45(43,37-17-9-3-10-18-37)38-19-11-4-12-20-38/h1-28,41-43,47H,29-32H2. The van der Waals surface area contributed by atoms with Crippen molar-refractivity contribution >= 4 is 0 Å². The zero-order chi connectivity index (χ0) is 31.5. The Bertz CT molecular complexity index is 1760. The highest BCUT2D eigenvalue weighted by Crippen LogP contribution is 2.65. The van der Waals surface area contributed by atoms with Gasteiger partial charge in [-0.15, -0.1) is 0 Å². The van der Waals surface area contributed by atoms with Gasteiger partial charge in [0.25, 0.3) is 0 Å². The minimum Gasteiger partial charge on any atom is -0.380 e. The molecule has 0 aliphatic heterocycles. The van der Waals surface area contributed by atoms with Crippen LogP contribution in [0, 0.1) is 5.92 Å². The van der Waals surface area contributed by atoms with Crippen molar-refractivity contribution in [3.8, 4) is 0 Å². The van der Waals surface area contributed by atoms with Crippen LogP contribution in [0.25, 0.3) is 0 Å². The van der Waals surface area contributed by atoms with Crippen LogP contribution in [0.3, 0.4) is 0 Å². The molecule has 0 saturated heterocycles. The summed E-state index contributed by atoms with van der Waals surface area (Å²) in [5.74, 6) is 1.09. The van der Waals surface area contributed by atoms with E-state index < -0.39 is 5.60 Å². The van der Waals surface area contributed by atoms with Gasteiger partial charge in [-0.3, -0.25) is 0 Å². The minimum absolute atomic E-state index is 0.00416. The van der Waals surface area contributed by atoms with Crippen LogP contribution in [-0.2, 0) is 16.4 Å². The molecule has 0 bridgehead atoms. The van der Waals surface area contributed by atoms with E-state index >= 15 is 0 Å². The Hall–Kier alpha value is -4.72. The second-order valence-corrected chi connectivity index (χ2v) is 14.2. The first-order valence-electron chi connectivity index (χ1n) is 17.3. The second-order valence-electron chi connectivity index (χ2n) is 14.2. The zero-order valence-corrected chi connectivity index (χ0v) is 26.7. The summed E-state index contributed by atoms with van der Waals surface area (Å²) in [6, 6.07) is 61.9. The first-order valence-corrected chi connectivity index (χ1v) is 17.3. The van der Waals surface area contributed by atoms with E-state index in [2.05, 4.69) is 170 Å². The van der Waals surface area contributed by atoms with Gasteiger partial charge in [-0.1, -0.05) is 170 Å². The van der Waals surface area contributed by atoms with Crippen LogP contribution in [0.5, 0.6) is 0 Å². The van der Waals surface area contributed by atoms with E-state index in [1.807, 2.05) is 0 Å². The van der Waals surface area contributed by atoms with Crippen molar-refractivity contribution in [2.75, 3.05) is 0 Å². The van der Waals surface area contributed by atoms with Gasteiger partial charge >= 0.3 is 0 Å². The highest BCUT2D eigenvalue weighted by atomic mass is 16.3. The topological polar surface area (TPSA) is 20.2 Å². The molecule has 2 atom stereocenters. The Labute approximate surface area is 278 Å². The highest BCUT2D eigenvalue weighted by molar-refractivity contribution is 5.56. The molecule has 47 heavy (non-hydrogen) atoms. The van der Waals surface area contributed by atoms with Crippen molar-refractivity contribution in [3.05, 3.63) is 214 Å². The van der Waals surface area contributed by atoms with Gasteiger partial charge in [-0.05, 0) is 87.9 Å². The maximum atomic E-state index is 12.5. The van der Waals surface area contributed by atoms with Crippen LogP contribution < -0.4 is 0 Å². The smallest absolute Gasteiger partial charge is 0.117 e. The largest absolute Gasteiger partial charge is 0.380 e. The van der Waals surface area contributed by atoms with Crippen molar-refractivity contribution in [1.29, 1.82) is 0 Å². The number of benzene rings is 6. The zero-order valence-electron chi connectivity index (χ0n) is 26.7. The molecule has 2 unspecified atom stereocenters. The van der Waals surface area contributed by atoms with Gasteiger partial charge in [-0.25, -0.2) is 0 Å². The van der Waals surface area contributed by atoms with Gasteiger partial charge in [0.15, 0.2) is 0 Å². The lowest BCUT2D eigenvalue weighted by Gasteiger charge is -2.30. The maximum absolute atomic E-state index is 12.5. The molecular formula is C46H40O. The Kier molecular flexibility index (Phi) is 6.63. The molecule has 0 heterocycles. The van der Waals surface area contributed by atoms with Gasteiger partial charge in [0, 0.05) is 10.8 Å². The Morgan fingerprint density at radius 2 is 0.702 bits per heavy atom. The van der Waals surface area contributed by atoms with Gasteiger partial charge in [0.2, 0.25) is 0 Å². The van der Waals surface area contributed by atoms with Crippen molar-refractivity contribution in [2.24, 2.45) is 5.92 Å². The fourth-order valence-electron chi connectivity index (χ4n) is 8.96. The monoisotopic (exact) mass is 608 g/mol. The average Bonchev–Trinajstić information content (AvgIpc) is 4.04. The fourth-order valence-corrected chi connectivity index (χ4v) is 8.96. The molecule has 3 fully saturated rings. The van der Waals surface area contributed by atoms with Gasteiger partial charge in [-0.2, -0.15) is 0 Å². The Morgan fingerprint density at radius 3 is 0.979 bits per heavy atom. The maximum Gasteiger partial charge on any atom is 0.117 e. The molecule has 6 aromatic rings. The molecular weight excluding hydrogens is 569 g/mol. The van der Waals surface area contributed by atoms with E-state index in [9.17, 15) is 5.11 Å². The lowest BCUT2D eigenvalue weighted by molar-refractivity contribution is 0.0564. The molecule has 0 radical (unpaired) electrons. The summed E-state index contributed by atoms with van der Waals surface area (Å²) in [4.78, 5) is 0. The van der Waals surface area contributed by atoms with Crippen molar-refractivity contribution in [3.63, 3.8) is 0 Å². The van der Waals surface area contributed by atoms with Gasteiger partial charge in [0.05, 0.1) is 0 Å². The molecule has 3 aliphatic carbocycles. The predicted octanol–water partition coefficient (Wildman–Crippen LogP) is 10.3. The number of aliphatic hydroxyl groups is 1. The summed E-state index contributed by atoms with van der Waals surface area (Å²) in [5.41, 5.74) is 9.28. The summed E-state index contributed by atoms with van der Waals surface area (Å²) in [5, 5.41) is 12.5. The molecule has 1 nitrogen and oxygen atoms in total. The van der Waals surface area contributed by atoms with Gasteiger partial charge in [0.1, 0.15) is 5.60 Å². The van der Waals surface area contributed by atoms with Crippen LogP contribution in [-0.4, -0.2) is 5.11 Å². The minimum atomic E-state index is -0.976. The average molecular weight is 609 g/mol. The summed E-state index contributed by atoms with van der Waals surface area (Å²) >= 11 is 0. The molecule has 9 rings (SSSR count). The van der Waals surface area contributed by atoms with E-state index in [-0.39, 0.29) is 16.7 Å². The summed E-state index contributed by atoms with van der Waals surface area (Å²) < 4.78 is 0. The Balaban J connectivity index is 1.01. The molecule has 3 saturated carbocycles. The highest BCUT2D eigenvalue weighted by Gasteiger charge is 2.58. The number of rotatable bonds is 9. The second kappa shape index (κ2) is 10.9. The van der Waals surface area contributed by atoms with Crippen LogP contribution >= 0.6 is 0 Å². The summed E-state index contributed by atoms with van der Waals surface area (Å²) in [6.45, 7) is 0. The summed E-state index contributed by atoms with van der Waals surface area (Å²) in [6.07, 6.45) is 4.32. The lowest BCUT2D eigenvalue weighted by atomic mass is 9.80. The number of hydrogen-bond donors (Lipinski definition) is 1. The molecule has 1 heteroatoms. The van der Waals surface area contributed by atoms with E-state index in [1.54, 1.807) is 0 Å². The van der Waals surface area contributed by atoms with Crippen LogP contribution in [0.4, 0.5) is 0 Å². The molecule has 0 amide bonds. The first kappa shape index (κ1) is 28.5. The molecule has 230 valence electrons. The number of hydrogen-bond acceptors (Lipinski definition) is 1. The van der Waals surface area contributed by atoms with E-state index in [4.69, 9.17) is 0 Å². The van der Waals surface area contributed by atoms with Crippen LogP contribution in [0.15, 0.2) is 170 Å². The molecule has 0 spiro atoms. The molecule has 0 aromatic heterocycles. The predicted molar refractivity (Wildman–Crippen MR) is 191 cm³/mol.